The van der Waals surface area contributed by atoms with E-state index in [4.69, 9.17) is 0 Å². The maximum Gasteiger partial charge on any atom is 0.0601 e. The van der Waals surface area contributed by atoms with Gasteiger partial charge in [-0.15, -0.1) is 23.1 Å². The van der Waals surface area contributed by atoms with Gasteiger partial charge in [-0.1, -0.05) is 32.3 Å². The number of thiophene rings is 1. The summed E-state index contributed by atoms with van der Waals surface area (Å²) in [5.74, 6) is 0. The summed E-state index contributed by atoms with van der Waals surface area (Å²) in [5.41, 5.74) is 0. The minimum Gasteiger partial charge on any atom is -0.313 e. The van der Waals surface area contributed by atoms with Gasteiger partial charge in [-0.3, -0.25) is 0 Å². The van der Waals surface area contributed by atoms with Gasteiger partial charge in [0, 0.05) is 11.3 Å². The molecule has 0 radical (unpaired) electrons. The fourth-order valence-corrected chi connectivity index (χ4v) is 4.73. The summed E-state index contributed by atoms with van der Waals surface area (Å²) in [6.07, 6.45) is 6.96. The van der Waals surface area contributed by atoms with Crippen molar-refractivity contribution < 1.29 is 0 Å². The molecule has 0 saturated heterocycles. The van der Waals surface area contributed by atoms with E-state index in [-0.39, 0.29) is 0 Å². The lowest BCUT2D eigenvalue weighted by Crippen LogP contribution is -2.37. The summed E-state index contributed by atoms with van der Waals surface area (Å²) in [7, 11) is 0. The molecule has 1 nitrogen and oxygen atoms in total. The van der Waals surface area contributed by atoms with Crippen LogP contribution in [0.4, 0.5) is 0 Å². The van der Waals surface area contributed by atoms with Gasteiger partial charge in [0.15, 0.2) is 0 Å². The first-order valence-corrected chi connectivity index (χ1v) is 8.09. The van der Waals surface area contributed by atoms with E-state index in [1.54, 1.807) is 0 Å². The third-order valence-corrected chi connectivity index (χ3v) is 5.66. The first-order valence-electron chi connectivity index (χ1n) is 6.33. The third kappa shape index (κ3) is 3.51. The molecular formula is C13H21NS2. The molecule has 0 aromatic carbocycles. The van der Waals surface area contributed by atoms with Crippen molar-refractivity contribution in [2.24, 2.45) is 0 Å². The topological polar surface area (TPSA) is 12.0 Å². The molecule has 2 atom stereocenters. The van der Waals surface area contributed by atoms with E-state index < -0.39 is 0 Å². The predicted molar refractivity (Wildman–Crippen MR) is 74.5 cm³/mol. The highest BCUT2D eigenvalue weighted by molar-refractivity contribution is 8.01. The van der Waals surface area contributed by atoms with E-state index in [2.05, 4.69) is 41.5 Å². The molecule has 1 aliphatic rings. The summed E-state index contributed by atoms with van der Waals surface area (Å²) in [6.45, 7) is 3.32. The highest BCUT2D eigenvalue weighted by atomic mass is 32.2. The van der Waals surface area contributed by atoms with Crippen LogP contribution in [-0.4, -0.2) is 17.8 Å². The van der Waals surface area contributed by atoms with Gasteiger partial charge in [-0.25, -0.2) is 0 Å². The van der Waals surface area contributed by atoms with Crippen LogP contribution in [0.15, 0.2) is 21.7 Å². The molecule has 1 heterocycles. The molecule has 1 aromatic heterocycles. The molecule has 0 aliphatic heterocycles. The molecule has 0 spiro atoms. The Bertz CT molecular complexity index is 284. The molecule has 90 valence electrons. The second-order valence-corrected chi connectivity index (χ2v) is 6.88. The maximum atomic E-state index is 3.67. The lowest BCUT2D eigenvalue weighted by molar-refractivity contribution is 0.483. The number of thioether (sulfide) groups is 1. The van der Waals surface area contributed by atoms with E-state index in [9.17, 15) is 0 Å². The normalized spacial score (nSPS) is 26.6. The van der Waals surface area contributed by atoms with Crippen molar-refractivity contribution in [2.45, 2.75) is 54.5 Å². The lowest BCUT2D eigenvalue weighted by atomic mass is 10.1. The second kappa shape index (κ2) is 6.67. The van der Waals surface area contributed by atoms with Crippen LogP contribution in [-0.2, 0) is 0 Å². The molecule has 1 aromatic rings. The molecule has 1 N–H and O–H groups in total. The third-order valence-electron chi connectivity index (χ3n) is 3.18. The van der Waals surface area contributed by atoms with Gasteiger partial charge in [-0.2, -0.15) is 0 Å². The molecule has 3 heteroatoms. The molecule has 1 saturated carbocycles. The molecular weight excluding hydrogens is 234 g/mol. The first kappa shape index (κ1) is 12.5. The Labute approximate surface area is 107 Å². The summed E-state index contributed by atoms with van der Waals surface area (Å²) in [6, 6.07) is 5.13. The second-order valence-electron chi connectivity index (χ2n) is 4.39. The fraction of sp³-hybridized carbons (Fsp3) is 0.692. The average Bonchev–Trinajstić information content (AvgIpc) is 2.69. The quantitative estimate of drug-likeness (QED) is 0.811. The summed E-state index contributed by atoms with van der Waals surface area (Å²) in [4.78, 5) is 0. The minimum absolute atomic E-state index is 0.722. The summed E-state index contributed by atoms with van der Waals surface area (Å²) < 4.78 is 1.48. The largest absolute Gasteiger partial charge is 0.313 e. The summed E-state index contributed by atoms with van der Waals surface area (Å²) >= 11 is 3.97. The van der Waals surface area contributed by atoms with Crippen LogP contribution in [0.1, 0.15) is 39.0 Å². The van der Waals surface area contributed by atoms with Crippen LogP contribution in [0.25, 0.3) is 0 Å². The van der Waals surface area contributed by atoms with Crippen molar-refractivity contribution in [1.82, 2.24) is 5.32 Å². The van der Waals surface area contributed by atoms with Gasteiger partial charge in [0.2, 0.25) is 0 Å². The van der Waals surface area contributed by atoms with Crippen molar-refractivity contribution in [2.75, 3.05) is 6.54 Å². The smallest absolute Gasteiger partial charge is 0.0601 e. The Hall–Kier alpha value is 0.01000. The highest BCUT2D eigenvalue weighted by Crippen LogP contribution is 2.35. The van der Waals surface area contributed by atoms with Crippen molar-refractivity contribution in [1.29, 1.82) is 0 Å². The SMILES string of the molecule is CCNC1CCCCCC1Sc1cccs1. The minimum atomic E-state index is 0.722. The first-order chi connectivity index (χ1) is 7.90. The lowest BCUT2D eigenvalue weighted by Gasteiger charge is -2.24. The standard InChI is InChI=1S/C13H21NS2/c1-2-14-11-7-4-3-5-8-12(11)16-13-9-6-10-15-13/h6,9-12,14H,2-5,7-8H2,1H3. The van der Waals surface area contributed by atoms with E-state index >= 15 is 0 Å². The molecule has 0 bridgehead atoms. The zero-order valence-electron chi connectivity index (χ0n) is 9.95. The Balaban J connectivity index is 1.96. The van der Waals surface area contributed by atoms with E-state index in [0.717, 1.165) is 17.8 Å². The Morgan fingerprint density at radius 2 is 2.25 bits per heavy atom. The Morgan fingerprint density at radius 1 is 1.38 bits per heavy atom. The van der Waals surface area contributed by atoms with Crippen LogP contribution < -0.4 is 5.32 Å². The van der Waals surface area contributed by atoms with Crippen molar-refractivity contribution >= 4 is 23.1 Å². The monoisotopic (exact) mass is 255 g/mol. The van der Waals surface area contributed by atoms with Crippen molar-refractivity contribution in [3.05, 3.63) is 17.5 Å². The number of rotatable bonds is 4. The van der Waals surface area contributed by atoms with Crippen LogP contribution in [0.2, 0.25) is 0 Å². The average molecular weight is 255 g/mol. The fourth-order valence-electron chi connectivity index (χ4n) is 2.39. The van der Waals surface area contributed by atoms with Gasteiger partial charge in [0.05, 0.1) is 4.21 Å². The van der Waals surface area contributed by atoms with Gasteiger partial charge in [-0.05, 0) is 30.8 Å². The van der Waals surface area contributed by atoms with E-state index in [1.165, 1.54) is 36.3 Å². The number of nitrogens with one attached hydrogen (secondary N) is 1. The van der Waals surface area contributed by atoms with Gasteiger partial charge in [0.1, 0.15) is 0 Å². The van der Waals surface area contributed by atoms with Gasteiger partial charge in [0.25, 0.3) is 0 Å². The van der Waals surface area contributed by atoms with Crippen LogP contribution >= 0.6 is 23.1 Å². The molecule has 0 amide bonds. The van der Waals surface area contributed by atoms with Gasteiger partial charge >= 0.3 is 0 Å². The van der Waals surface area contributed by atoms with E-state index in [0.29, 0.717) is 0 Å². The van der Waals surface area contributed by atoms with Crippen LogP contribution in [0.3, 0.4) is 0 Å². The van der Waals surface area contributed by atoms with Gasteiger partial charge < -0.3 is 5.32 Å². The molecule has 16 heavy (non-hydrogen) atoms. The Morgan fingerprint density at radius 3 is 3.00 bits per heavy atom. The van der Waals surface area contributed by atoms with E-state index in [1.807, 2.05) is 11.3 Å². The zero-order valence-corrected chi connectivity index (χ0v) is 11.6. The molecule has 2 unspecified atom stereocenters. The molecule has 1 fully saturated rings. The van der Waals surface area contributed by atoms with Crippen LogP contribution in [0.5, 0.6) is 0 Å². The molecule has 2 rings (SSSR count). The maximum absolute atomic E-state index is 3.67. The zero-order chi connectivity index (χ0) is 11.2. The molecule has 1 aliphatic carbocycles. The van der Waals surface area contributed by atoms with Crippen molar-refractivity contribution in [3.63, 3.8) is 0 Å². The predicted octanol–water partition coefficient (Wildman–Crippen LogP) is 4.15. The number of hydrogen-bond donors (Lipinski definition) is 1. The summed E-state index contributed by atoms with van der Waals surface area (Å²) in [5, 5.41) is 6.63. The number of hydrogen-bond acceptors (Lipinski definition) is 3. The Kier molecular flexibility index (Phi) is 5.20. The van der Waals surface area contributed by atoms with Crippen LogP contribution in [0, 0.1) is 0 Å². The highest BCUT2D eigenvalue weighted by Gasteiger charge is 2.23. The van der Waals surface area contributed by atoms with Crippen molar-refractivity contribution in [3.8, 4) is 0 Å².